The number of amides is 1. The second-order valence-electron chi connectivity index (χ2n) is 5.65. The number of hydrogen-bond donors (Lipinski definition) is 3. The highest BCUT2D eigenvalue weighted by Gasteiger charge is 2.33. The molecule has 0 bridgehead atoms. The molecule has 0 radical (unpaired) electrons. The molecule has 1 aromatic rings. The number of carbonyl (C=O) groups is 2. The summed E-state index contributed by atoms with van der Waals surface area (Å²) in [6, 6.07) is 3.94. The Hall–Kier alpha value is -2.12. The molecule has 0 spiro atoms. The van der Waals surface area contributed by atoms with E-state index in [1.165, 1.54) is 18.2 Å². The maximum Gasteiger partial charge on any atom is 0.339 e. The molecule has 0 aliphatic heterocycles. The number of rotatable bonds is 5. The van der Waals surface area contributed by atoms with Crippen molar-refractivity contribution < 1.29 is 29.3 Å². The molecular weight excluding hydrogens is 302 g/mol. The van der Waals surface area contributed by atoms with Gasteiger partial charge in [-0.15, -0.1) is 0 Å². The Kier molecular flexibility index (Phi) is 5.57. The summed E-state index contributed by atoms with van der Waals surface area (Å²) in [5.74, 6) is -2.08. The maximum absolute atomic E-state index is 12.4. The van der Waals surface area contributed by atoms with Gasteiger partial charge in [0, 0.05) is 25.8 Å². The van der Waals surface area contributed by atoms with Crippen molar-refractivity contribution in [1.29, 1.82) is 0 Å². The van der Waals surface area contributed by atoms with Crippen LogP contribution in [0, 0.1) is 5.92 Å². The van der Waals surface area contributed by atoms with Crippen molar-refractivity contribution in [3.63, 3.8) is 0 Å². The normalized spacial score (nSPS) is 24.2. The van der Waals surface area contributed by atoms with Gasteiger partial charge in [-0.1, -0.05) is 0 Å². The quantitative estimate of drug-likeness (QED) is 0.714. The van der Waals surface area contributed by atoms with E-state index in [0.29, 0.717) is 18.5 Å². The summed E-state index contributed by atoms with van der Waals surface area (Å²) >= 11 is 0. The van der Waals surface area contributed by atoms with E-state index < -0.39 is 5.97 Å². The van der Waals surface area contributed by atoms with E-state index in [1.807, 2.05) is 0 Å². The minimum absolute atomic E-state index is 0.0427. The third-order valence-corrected chi connectivity index (χ3v) is 4.15. The first-order valence-electron chi connectivity index (χ1n) is 7.37. The largest absolute Gasteiger partial charge is 0.507 e. The van der Waals surface area contributed by atoms with E-state index in [4.69, 9.17) is 14.6 Å². The number of phenols is 1. The molecular formula is C16H21NO6. The molecule has 0 heterocycles. The van der Waals surface area contributed by atoms with Crippen molar-refractivity contribution in [3.05, 3.63) is 23.8 Å². The van der Waals surface area contributed by atoms with Gasteiger partial charge in [0.2, 0.25) is 5.91 Å². The molecule has 126 valence electrons. The zero-order chi connectivity index (χ0) is 17.0. The second kappa shape index (κ2) is 7.43. The third-order valence-electron chi connectivity index (χ3n) is 4.15. The van der Waals surface area contributed by atoms with E-state index in [-0.39, 0.29) is 35.3 Å². The fraction of sp³-hybridized carbons (Fsp3) is 0.500. The minimum atomic E-state index is -1.25. The fourth-order valence-corrected chi connectivity index (χ4v) is 2.84. The molecule has 7 nitrogen and oxygen atoms in total. The molecule has 1 aliphatic rings. The highest BCUT2D eigenvalue weighted by Crippen LogP contribution is 2.29. The second-order valence-corrected chi connectivity index (χ2v) is 5.65. The maximum atomic E-state index is 12.4. The first kappa shape index (κ1) is 17.2. The van der Waals surface area contributed by atoms with E-state index in [0.717, 1.165) is 6.42 Å². The average molecular weight is 323 g/mol. The lowest BCUT2D eigenvalue weighted by atomic mass is 9.84. The number of methoxy groups -OCH3 is 2. The number of anilines is 1. The fourth-order valence-electron chi connectivity index (χ4n) is 2.84. The lowest BCUT2D eigenvalue weighted by Gasteiger charge is -2.32. The highest BCUT2D eigenvalue weighted by molar-refractivity contribution is 5.96. The van der Waals surface area contributed by atoms with Crippen molar-refractivity contribution in [3.8, 4) is 5.75 Å². The summed E-state index contributed by atoms with van der Waals surface area (Å²) in [6.07, 6.45) is 1.84. The smallest absolute Gasteiger partial charge is 0.339 e. The van der Waals surface area contributed by atoms with Crippen molar-refractivity contribution >= 4 is 17.6 Å². The molecule has 0 aromatic heterocycles. The van der Waals surface area contributed by atoms with Gasteiger partial charge in [0.05, 0.1) is 12.2 Å². The number of carboxylic acid groups (broad SMARTS) is 1. The minimum Gasteiger partial charge on any atom is -0.507 e. The van der Waals surface area contributed by atoms with Crippen LogP contribution < -0.4 is 5.32 Å². The van der Waals surface area contributed by atoms with Crippen LogP contribution >= 0.6 is 0 Å². The summed E-state index contributed by atoms with van der Waals surface area (Å²) in [5, 5.41) is 21.2. The number of aromatic hydroxyl groups is 1. The van der Waals surface area contributed by atoms with Crippen LogP contribution in [0.1, 0.15) is 29.6 Å². The number of hydrogen-bond acceptors (Lipinski definition) is 5. The van der Waals surface area contributed by atoms with Gasteiger partial charge in [-0.3, -0.25) is 4.79 Å². The van der Waals surface area contributed by atoms with Crippen LogP contribution in [-0.4, -0.2) is 48.5 Å². The lowest BCUT2D eigenvalue weighted by Crippen LogP contribution is -2.37. The van der Waals surface area contributed by atoms with Gasteiger partial charge in [0.25, 0.3) is 0 Å². The van der Waals surface area contributed by atoms with Crippen molar-refractivity contribution in [2.75, 3.05) is 19.5 Å². The van der Waals surface area contributed by atoms with Gasteiger partial charge in [0.15, 0.2) is 0 Å². The molecule has 1 amide bonds. The molecule has 2 unspecified atom stereocenters. The molecule has 1 aliphatic carbocycles. The molecule has 0 saturated heterocycles. The Bertz CT molecular complexity index is 576. The van der Waals surface area contributed by atoms with Gasteiger partial charge < -0.3 is 25.0 Å². The first-order chi connectivity index (χ1) is 10.9. The Morgan fingerprint density at radius 1 is 1.13 bits per heavy atom. The van der Waals surface area contributed by atoms with Gasteiger partial charge >= 0.3 is 5.97 Å². The van der Waals surface area contributed by atoms with Crippen LogP contribution in [0.4, 0.5) is 5.69 Å². The van der Waals surface area contributed by atoms with E-state index in [2.05, 4.69) is 5.32 Å². The van der Waals surface area contributed by atoms with Crippen molar-refractivity contribution in [1.82, 2.24) is 0 Å². The molecule has 7 heteroatoms. The number of benzene rings is 1. The van der Waals surface area contributed by atoms with Crippen LogP contribution in [0.25, 0.3) is 0 Å². The number of ether oxygens (including phenoxy) is 2. The summed E-state index contributed by atoms with van der Waals surface area (Å²) in [4.78, 5) is 23.4. The summed E-state index contributed by atoms with van der Waals surface area (Å²) in [5.41, 5.74) is 0.0784. The van der Waals surface area contributed by atoms with Crippen LogP contribution in [0.15, 0.2) is 18.2 Å². The van der Waals surface area contributed by atoms with Crippen molar-refractivity contribution in [2.24, 2.45) is 5.92 Å². The van der Waals surface area contributed by atoms with Crippen molar-refractivity contribution in [2.45, 2.75) is 31.5 Å². The SMILES string of the molecule is COC1CC(OC)CC(C(=O)Nc2ccc(O)c(C(=O)O)c2)C1. The molecule has 2 atom stereocenters. The molecule has 1 aromatic carbocycles. The van der Waals surface area contributed by atoms with Crippen LogP contribution in [-0.2, 0) is 14.3 Å². The van der Waals surface area contributed by atoms with Gasteiger partial charge in [-0.2, -0.15) is 0 Å². The van der Waals surface area contributed by atoms with Gasteiger partial charge in [-0.05, 0) is 37.5 Å². The molecule has 1 fully saturated rings. The van der Waals surface area contributed by atoms with Crippen LogP contribution in [0.2, 0.25) is 0 Å². The van der Waals surface area contributed by atoms with E-state index in [1.54, 1.807) is 14.2 Å². The molecule has 3 N–H and O–H groups in total. The number of carboxylic acids is 1. The number of carbonyl (C=O) groups excluding carboxylic acids is 1. The highest BCUT2D eigenvalue weighted by atomic mass is 16.5. The molecule has 23 heavy (non-hydrogen) atoms. The number of aromatic carboxylic acids is 1. The summed E-state index contributed by atoms with van der Waals surface area (Å²) < 4.78 is 10.7. The summed E-state index contributed by atoms with van der Waals surface area (Å²) in [7, 11) is 3.22. The molecule has 1 saturated carbocycles. The predicted octanol–water partition coefficient (Wildman–Crippen LogP) is 1.86. The van der Waals surface area contributed by atoms with E-state index in [9.17, 15) is 14.7 Å². The molecule has 2 rings (SSSR count). The Morgan fingerprint density at radius 2 is 1.74 bits per heavy atom. The average Bonchev–Trinajstić information content (AvgIpc) is 2.55. The third kappa shape index (κ3) is 4.20. The predicted molar refractivity (Wildman–Crippen MR) is 82.6 cm³/mol. The number of nitrogens with one attached hydrogen (secondary N) is 1. The van der Waals surface area contributed by atoms with Crippen LogP contribution in [0.5, 0.6) is 5.75 Å². The Morgan fingerprint density at radius 3 is 2.26 bits per heavy atom. The first-order valence-corrected chi connectivity index (χ1v) is 7.37. The Balaban J connectivity index is 2.09. The summed E-state index contributed by atoms with van der Waals surface area (Å²) in [6.45, 7) is 0. The lowest BCUT2D eigenvalue weighted by molar-refractivity contribution is -0.125. The zero-order valence-corrected chi connectivity index (χ0v) is 13.1. The zero-order valence-electron chi connectivity index (χ0n) is 13.1. The standard InChI is InChI=1S/C16H21NO6/c1-22-11-5-9(6-12(8-11)23-2)15(19)17-10-3-4-14(18)13(7-10)16(20)21/h3-4,7,9,11-12,18H,5-6,8H2,1-2H3,(H,17,19)(H,20,21). The Labute approximate surface area is 134 Å². The van der Waals surface area contributed by atoms with Crippen LogP contribution in [0.3, 0.4) is 0 Å². The van der Waals surface area contributed by atoms with E-state index >= 15 is 0 Å². The van der Waals surface area contributed by atoms with Gasteiger partial charge in [0.1, 0.15) is 11.3 Å². The topological polar surface area (TPSA) is 105 Å². The monoisotopic (exact) mass is 323 g/mol. The van der Waals surface area contributed by atoms with Gasteiger partial charge in [-0.25, -0.2) is 4.79 Å².